The van der Waals surface area contributed by atoms with E-state index in [2.05, 4.69) is 31.2 Å². The zero-order valence-electron chi connectivity index (χ0n) is 19.8. The Labute approximate surface area is 220 Å². The minimum atomic E-state index is -0.175. The van der Waals surface area contributed by atoms with E-state index in [0.29, 0.717) is 23.1 Å². The Morgan fingerprint density at radius 1 is 1.08 bits per heavy atom. The van der Waals surface area contributed by atoms with Gasteiger partial charge in [-0.3, -0.25) is 9.78 Å². The van der Waals surface area contributed by atoms with Gasteiger partial charge in [-0.1, -0.05) is 35.9 Å². The third-order valence-electron chi connectivity index (χ3n) is 6.25. The molecule has 2 aromatic heterocycles. The molecule has 4 aromatic rings. The quantitative estimate of drug-likeness (QED) is 0.303. The molecule has 2 aromatic carbocycles. The molecule has 1 amide bonds. The predicted molar refractivity (Wildman–Crippen MR) is 147 cm³/mol. The molecule has 8 heteroatoms. The van der Waals surface area contributed by atoms with Crippen molar-refractivity contribution in [2.24, 2.45) is 0 Å². The number of hydrogen-bond donors (Lipinski definition) is 2. The molecule has 3 heterocycles. The van der Waals surface area contributed by atoms with Crippen LogP contribution in [-0.2, 0) is 4.79 Å². The SMILES string of the molecule is Cc1cccc(NC(=O)CCN2C(=S)N[C@@H](c3ccccn3)[C@H]2c2cccn2-c2cccc(Cl)c2)c1. The Morgan fingerprint density at radius 3 is 2.72 bits per heavy atom. The standard InChI is InChI=1S/C28H26ClN5OS/c1-19-7-4-9-21(17-19)31-25(35)13-16-34-27(26(32-28(34)36)23-11-2-3-14-30-23)24-12-6-15-33(24)22-10-5-8-20(29)18-22/h2-12,14-15,17-18,26-27H,13,16H2,1H3,(H,31,35)(H,32,36)/t26-,27+/m0/s1. The van der Waals surface area contributed by atoms with Crippen molar-refractivity contribution in [2.75, 3.05) is 11.9 Å². The number of pyridine rings is 1. The van der Waals surface area contributed by atoms with Gasteiger partial charge in [0.25, 0.3) is 0 Å². The molecule has 36 heavy (non-hydrogen) atoms. The summed E-state index contributed by atoms with van der Waals surface area (Å²) in [4.78, 5) is 19.5. The second kappa shape index (κ2) is 10.5. The highest BCUT2D eigenvalue weighted by molar-refractivity contribution is 7.80. The fourth-order valence-electron chi connectivity index (χ4n) is 4.63. The van der Waals surface area contributed by atoms with Crippen molar-refractivity contribution >= 4 is 40.5 Å². The van der Waals surface area contributed by atoms with Crippen molar-refractivity contribution in [3.63, 3.8) is 0 Å². The van der Waals surface area contributed by atoms with Crippen molar-refractivity contribution in [1.29, 1.82) is 0 Å². The van der Waals surface area contributed by atoms with E-state index in [1.54, 1.807) is 6.20 Å². The summed E-state index contributed by atoms with van der Waals surface area (Å²) in [6, 6.07) is 25.1. The van der Waals surface area contributed by atoms with E-state index < -0.39 is 0 Å². The van der Waals surface area contributed by atoms with Crippen molar-refractivity contribution in [1.82, 2.24) is 19.8 Å². The first kappa shape index (κ1) is 24.0. The van der Waals surface area contributed by atoms with Crippen LogP contribution < -0.4 is 10.6 Å². The van der Waals surface area contributed by atoms with Crippen molar-refractivity contribution in [3.05, 3.63) is 113 Å². The van der Waals surface area contributed by atoms with Gasteiger partial charge in [0.1, 0.15) is 0 Å². The zero-order chi connectivity index (χ0) is 25.1. The van der Waals surface area contributed by atoms with E-state index in [1.165, 1.54) is 0 Å². The summed E-state index contributed by atoms with van der Waals surface area (Å²) in [5.74, 6) is -0.0614. The molecule has 0 aliphatic carbocycles. The van der Waals surface area contributed by atoms with Gasteiger partial charge >= 0.3 is 0 Å². The number of carbonyl (C=O) groups excluding carboxylic acids is 1. The lowest BCUT2D eigenvalue weighted by molar-refractivity contribution is -0.116. The Hall–Kier alpha value is -3.68. The summed E-state index contributed by atoms with van der Waals surface area (Å²) in [7, 11) is 0. The maximum atomic E-state index is 12.8. The molecule has 5 rings (SSSR count). The van der Waals surface area contributed by atoms with E-state index in [1.807, 2.05) is 85.9 Å². The molecule has 1 aliphatic heterocycles. The smallest absolute Gasteiger partial charge is 0.226 e. The van der Waals surface area contributed by atoms with Crippen molar-refractivity contribution < 1.29 is 4.79 Å². The summed E-state index contributed by atoms with van der Waals surface area (Å²) in [5.41, 5.74) is 4.75. The molecule has 2 atom stereocenters. The van der Waals surface area contributed by atoms with Gasteiger partial charge in [0.2, 0.25) is 5.91 Å². The molecule has 0 saturated carbocycles. The van der Waals surface area contributed by atoms with Crippen LogP contribution in [0.1, 0.15) is 35.5 Å². The first-order valence-corrected chi connectivity index (χ1v) is 12.6. The molecule has 0 spiro atoms. The maximum Gasteiger partial charge on any atom is 0.226 e. The third-order valence-corrected chi connectivity index (χ3v) is 6.84. The normalized spacial score (nSPS) is 17.2. The molecule has 1 saturated heterocycles. The highest BCUT2D eigenvalue weighted by Crippen LogP contribution is 2.39. The lowest BCUT2D eigenvalue weighted by atomic mass is 10.0. The van der Waals surface area contributed by atoms with Crippen LogP contribution in [0.3, 0.4) is 0 Å². The number of hydrogen-bond acceptors (Lipinski definition) is 3. The average Bonchev–Trinajstić information content (AvgIpc) is 3.47. The number of anilines is 1. The monoisotopic (exact) mass is 515 g/mol. The second-order valence-electron chi connectivity index (χ2n) is 8.77. The fourth-order valence-corrected chi connectivity index (χ4v) is 5.15. The van der Waals surface area contributed by atoms with Crippen molar-refractivity contribution in [3.8, 4) is 5.69 Å². The molecule has 1 aliphatic rings. The van der Waals surface area contributed by atoms with Crippen LogP contribution in [0.5, 0.6) is 0 Å². The number of benzene rings is 2. The van der Waals surface area contributed by atoms with Crippen LogP contribution in [0.2, 0.25) is 5.02 Å². The van der Waals surface area contributed by atoms with Gasteiger partial charge in [0, 0.05) is 47.5 Å². The summed E-state index contributed by atoms with van der Waals surface area (Å²) in [5, 5.41) is 7.71. The summed E-state index contributed by atoms with van der Waals surface area (Å²) < 4.78 is 2.11. The van der Waals surface area contributed by atoms with Crippen LogP contribution in [0, 0.1) is 6.92 Å². The van der Waals surface area contributed by atoms with Crippen molar-refractivity contribution in [2.45, 2.75) is 25.4 Å². The van der Waals surface area contributed by atoms with E-state index in [-0.39, 0.29) is 18.0 Å². The number of amides is 1. The zero-order valence-corrected chi connectivity index (χ0v) is 21.3. The Morgan fingerprint density at radius 2 is 1.94 bits per heavy atom. The molecule has 1 fully saturated rings. The topological polar surface area (TPSA) is 62.2 Å². The maximum absolute atomic E-state index is 12.8. The first-order chi connectivity index (χ1) is 17.5. The molecular weight excluding hydrogens is 490 g/mol. The number of aryl methyl sites for hydroxylation is 1. The Kier molecular flexibility index (Phi) is 7.02. The van der Waals surface area contributed by atoms with Gasteiger partial charge in [-0.25, -0.2) is 0 Å². The van der Waals surface area contributed by atoms with E-state index in [9.17, 15) is 4.79 Å². The van der Waals surface area contributed by atoms with Gasteiger partial charge in [-0.15, -0.1) is 0 Å². The molecule has 0 radical (unpaired) electrons. The van der Waals surface area contributed by atoms with Gasteiger partial charge in [-0.05, 0) is 79.3 Å². The van der Waals surface area contributed by atoms with Gasteiger partial charge < -0.3 is 20.1 Å². The van der Waals surface area contributed by atoms with Gasteiger partial charge in [-0.2, -0.15) is 0 Å². The number of nitrogens with one attached hydrogen (secondary N) is 2. The minimum Gasteiger partial charge on any atom is -0.352 e. The molecule has 2 N–H and O–H groups in total. The third kappa shape index (κ3) is 5.12. The molecule has 0 bridgehead atoms. The second-order valence-corrected chi connectivity index (χ2v) is 9.59. The first-order valence-electron chi connectivity index (χ1n) is 11.8. The van der Waals surface area contributed by atoms with Gasteiger partial charge in [0.15, 0.2) is 5.11 Å². The van der Waals surface area contributed by atoms with Crippen LogP contribution in [0.4, 0.5) is 5.69 Å². The summed E-state index contributed by atoms with van der Waals surface area (Å²) >= 11 is 12.1. The van der Waals surface area contributed by atoms with E-state index in [0.717, 1.165) is 28.3 Å². The molecule has 0 unspecified atom stereocenters. The van der Waals surface area contributed by atoms with E-state index in [4.69, 9.17) is 23.8 Å². The Balaban J connectivity index is 1.44. The van der Waals surface area contributed by atoms with Crippen LogP contribution in [0.25, 0.3) is 5.69 Å². The minimum absolute atomic E-state index is 0.0614. The number of aromatic nitrogens is 2. The molecule has 182 valence electrons. The lowest BCUT2D eigenvalue weighted by Crippen LogP contribution is -2.33. The van der Waals surface area contributed by atoms with Crippen LogP contribution >= 0.6 is 23.8 Å². The van der Waals surface area contributed by atoms with E-state index >= 15 is 0 Å². The lowest BCUT2D eigenvalue weighted by Gasteiger charge is -2.29. The summed E-state index contributed by atoms with van der Waals surface area (Å²) in [6.45, 7) is 2.46. The number of rotatable bonds is 7. The highest BCUT2D eigenvalue weighted by Gasteiger charge is 2.41. The number of carbonyl (C=O) groups is 1. The Bertz CT molecular complexity index is 1390. The highest BCUT2D eigenvalue weighted by atomic mass is 35.5. The number of halogens is 1. The average molecular weight is 516 g/mol. The molecule has 6 nitrogen and oxygen atoms in total. The number of nitrogens with zero attached hydrogens (tertiary/aromatic N) is 3. The fraction of sp³-hybridized carbons (Fsp3) is 0.179. The largest absolute Gasteiger partial charge is 0.352 e. The summed E-state index contributed by atoms with van der Waals surface area (Å²) in [6.07, 6.45) is 4.09. The predicted octanol–water partition coefficient (Wildman–Crippen LogP) is 5.84. The molecular formula is C28H26ClN5OS. The van der Waals surface area contributed by atoms with Gasteiger partial charge in [0.05, 0.1) is 17.8 Å². The van der Waals surface area contributed by atoms with Crippen LogP contribution in [0.15, 0.2) is 91.3 Å². The number of thiocarbonyl (C=S) groups is 1. The van der Waals surface area contributed by atoms with Crippen LogP contribution in [-0.4, -0.2) is 32.0 Å².